The molecule has 1 aliphatic rings. The molecule has 0 saturated carbocycles. The number of hydrogen-bond donors (Lipinski definition) is 1. The van der Waals surface area contributed by atoms with E-state index in [0.29, 0.717) is 25.4 Å². The average Bonchev–Trinajstić information content (AvgIpc) is 3.13. The van der Waals surface area contributed by atoms with Crippen LogP contribution >= 0.6 is 37.2 Å². The van der Waals surface area contributed by atoms with Crippen LogP contribution in [0.25, 0.3) is 0 Å². The fourth-order valence-corrected chi connectivity index (χ4v) is 3.45. The number of pyridine rings is 2. The van der Waals surface area contributed by atoms with Crippen molar-refractivity contribution in [2.75, 3.05) is 13.1 Å². The molecule has 3 rings (SSSR count). The molecular formula is C21H31Cl3N4O. The van der Waals surface area contributed by atoms with E-state index in [-0.39, 0.29) is 43.1 Å². The second-order valence-electron chi connectivity index (χ2n) is 7.19. The van der Waals surface area contributed by atoms with Crippen LogP contribution in [0.5, 0.6) is 0 Å². The third-order valence-electron chi connectivity index (χ3n) is 4.88. The number of amides is 1. The molecule has 8 heteroatoms. The molecule has 0 radical (unpaired) electrons. The SMILES string of the molecule is Cc1cccc(CN(Cc2cccc(C)n2)C(=O)CCC2CCNC2)n1.Cl.Cl.Cl. The molecule has 162 valence electrons. The number of carbonyl (C=O) groups excluding carboxylic acids is 1. The van der Waals surface area contributed by atoms with Gasteiger partial charge in [-0.05, 0) is 70.0 Å². The summed E-state index contributed by atoms with van der Waals surface area (Å²) < 4.78 is 0. The Morgan fingerprint density at radius 1 is 1.00 bits per heavy atom. The molecule has 0 aromatic carbocycles. The van der Waals surface area contributed by atoms with Crippen molar-refractivity contribution in [3.05, 3.63) is 59.2 Å². The van der Waals surface area contributed by atoms with Crippen LogP contribution in [-0.2, 0) is 17.9 Å². The molecule has 1 amide bonds. The minimum Gasteiger partial charge on any atom is -0.331 e. The van der Waals surface area contributed by atoms with Crippen molar-refractivity contribution in [2.45, 2.75) is 46.2 Å². The first-order valence-corrected chi connectivity index (χ1v) is 9.44. The van der Waals surface area contributed by atoms with Gasteiger partial charge in [0.15, 0.2) is 0 Å². The fraction of sp³-hybridized carbons (Fsp3) is 0.476. The van der Waals surface area contributed by atoms with Gasteiger partial charge in [0.25, 0.3) is 0 Å². The van der Waals surface area contributed by atoms with E-state index in [9.17, 15) is 4.79 Å². The molecule has 1 fully saturated rings. The van der Waals surface area contributed by atoms with Gasteiger partial charge in [0.05, 0.1) is 24.5 Å². The zero-order valence-corrected chi connectivity index (χ0v) is 19.4. The largest absolute Gasteiger partial charge is 0.331 e. The molecular weight excluding hydrogens is 431 g/mol. The molecule has 1 unspecified atom stereocenters. The Morgan fingerprint density at radius 3 is 2.00 bits per heavy atom. The van der Waals surface area contributed by atoms with E-state index in [2.05, 4.69) is 15.3 Å². The number of halogens is 3. The van der Waals surface area contributed by atoms with Gasteiger partial charge in [-0.3, -0.25) is 14.8 Å². The monoisotopic (exact) mass is 460 g/mol. The van der Waals surface area contributed by atoms with E-state index in [1.54, 1.807) is 0 Å². The first-order valence-electron chi connectivity index (χ1n) is 9.44. The minimum atomic E-state index is 0. The highest BCUT2D eigenvalue weighted by atomic mass is 35.5. The Bertz CT molecular complexity index is 707. The van der Waals surface area contributed by atoms with Crippen LogP contribution in [0.1, 0.15) is 42.0 Å². The van der Waals surface area contributed by atoms with E-state index >= 15 is 0 Å². The van der Waals surface area contributed by atoms with Gasteiger partial charge in [0.2, 0.25) is 5.91 Å². The van der Waals surface area contributed by atoms with Crippen molar-refractivity contribution in [2.24, 2.45) is 5.92 Å². The highest BCUT2D eigenvalue weighted by Crippen LogP contribution is 2.17. The summed E-state index contributed by atoms with van der Waals surface area (Å²) in [7, 11) is 0. The number of aryl methyl sites for hydroxylation is 2. The first-order chi connectivity index (χ1) is 12.6. The van der Waals surface area contributed by atoms with E-state index < -0.39 is 0 Å². The lowest BCUT2D eigenvalue weighted by Crippen LogP contribution is -2.31. The maximum Gasteiger partial charge on any atom is 0.223 e. The summed E-state index contributed by atoms with van der Waals surface area (Å²) in [6.07, 6.45) is 2.71. The van der Waals surface area contributed by atoms with Crippen molar-refractivity contribution >= 4 is 43.1 Å². The van der Waals surface area contributed by atoms with Crippen LogP contribution in [0, 0.1) is 19.8 Å². The molecule has 5 nitrogen and oxygen atoms in total. The second kappa shape index (κ2) is 13.8. The topological polar surface area (TPSA) is 58.1 Å². The van der Waals surface area contributed by atoms with Crippen LogP contribution in [0.15, 0.2) is 36.4 Å². The summed E-state index contributed by atoms with van der Waals surface area (Å²) in [5.41, 5.74) is 3.79. The van der Waals surface area contributed by atoms with E-state index in [0.717, 1.165) is 42.3 Å². The highest BCUT2D eigenvalue weighted by Gasteiger charge is 2.20. The van der Waals surface area contributed by atoms with Gasteiger partial charge in [-0.2, -0.15) is 0 Å². The summed E-state index contributed by atoms with van der Waals surface area (Å²) in [5.74, 6) is 0.804. The van der Waals surface area contributed by atoms with Crippen LogP contribution in [0.4, 0.5) is 0 Å². The van der Waals surface area contributed by atoms with Crippen molar-refractivity contribution < 1.29 is 4.79 Å². The lowest BCUT2D eigenvalue weighted by molar-refractivity contribution is -0.132. The van der Waals surface area contributed by atoms with Crippen LogP contribution in [0.3, 0.4) is 0 Å². The highest BCUT2D eigenvalue weighted by molar-refractivity contribution is 5.86. The molecule has 29 heavy (non-hydrogen) atoms. The summed E-state index contributed by atoms with van der Waals surface area (Å²) in [6, 6.07) is 11.9. The minimum absolute atomic E-state index is 0. The number of aromatic nitrogens is 2. The van der Waals surface area contributed by atoms with Crippen molar-refractivity contribution in [3.8, 4) is 0 Å². The Labute approximate surface area is 192 Å². The number of nitrogens with one attached hydrogen (secondary N) is 1. The quantitative estimate of drug-likeness (QED) is 0.668. The number of nitrogens with zero attached hydrogens (tertiary/aromatic N) is 3. The summed E-state index contributed by atoms with van der Waals surface area (Å²) in [6.45, 7) is 7.11. The number of carbonyl (C=O) groups is 1. The maximum atomic E-state index is 12.9. The molecule has 1 atom stereocenters. The van der Waals surface area contributed by atoms with Gasteiger partial charge in [-0.1, -0.05) is 12.1 Å². The van der Waals surface area contributed by atoms with Gasteiger partial charge in [0.1, 0.15) is 0 Å². The normalized spacial score (nSPS) is 14.9. The number of hydrogen-bond acceptors (Lipinski definition) is 4. The lowest BCUT2D eigenvalue weighted by Gasteiger charge is -2.23. The molecule has 1 aliphatic heterocycles. The first kappa shape index (κ1) is 27.6. The lowest BCUT2D eigenvalue weighted by atomic mass is 10.0. The van der Waals surface area contributed by atoms with Gasteiger partial charge in [-0.15, -0.1) is 37.2 Å². The molecule has 0 bridgehead atoms. The van der Waals surface area contributed by atoms with Gasteiger partial charge >= 0.3 is 0 Å². The third-order valence-corrected chi connectivity index (χ3v) is 4.88. The third kappa shape index (κ3) is 8.87. The predicted molar refractivity (Wildman–Crippen MR) is 124 cm³/mol. The molecule has 1 saturated heterocycles. The van der Waals surface area contributed by atoms with Crippen LogP contribution in [0.2, 0.25) is 0 Å². The Kier molecular flexibility index (Phi) is 13.1. The molecule has 0 aliphatic carbocycles. The second-order valence-corrected chi connectivity index (χ2v) is 7.19. The van der Waals surface area contributed by atoms with Gasteiger partial charge < -0.3 is 10.2 Å². The van der Waals surface area contributed by atoms with E-state index in [4.69, 9.17) is 0 Å². The zero-order chi connectivity index (χ0) is 18.4. The fourth-order valence-electron chi connectivity index (χ4n) is 3.45. The molecule has 3 heterocycles. The summed E-state index contributed by atoms with van der Waals surface area (Å²) >= 11 is 0. The molecule has 2 aromatic heterocycles. The molecule has 0 spiro atoms. The maximum absolute atomic E-state index is 12.9. The van der Waals surface area contributed by atoms with E-state index in [1.165, 1.54) is 6.42 Å². The standard InChI is InChI=1S/C21H28N4O.3ClH/c1-16-5-3-7-19(23-16)14-25(15-20-8-4-6-17(2)24-20)21(26)10-9-18-11-12-22-13-18;;;/h3-8,18,22H,9-15H2,1-2H3;3*1H. The van der Waals surface area contributed by atoms with E-state index in [1.807, 2.05) is 55.1 Å². The summed E-state index contributed by atoms with van der Waals surface area (Å²) in [4.78, 5) is 24.0. The Morgan fingerprint density at radius 2 is 1.55 bits per heavy atom. The van der Waals surface area contributed by atoms with Crippen LogP contribution < -0.4 is 5.32 Å². The summed E-state index contributed by atoms with van der Waals surface area (Å²) in [5, 5.41) is 3.37. The molecule has 1 N–H and O–H groups in total. The van der Waals surface area contributed by atoms with Crippen molar-refractivity contribution in [3.63, 3.8) is 0 Å². The molecule has 2 aromatic rings. The van der Waals surface area contributed by atoms with Gasteiger partial charge in [0, 0.05) is 17.8 Å². The van der Waals surface area contributed by atoms with Crippen molar-refractivity contribution in [1.82, 2.24) is 20.2 Å². The smallest absolute Gasteiger partial charge is 0.223 e. The Hall–Kier alpha value is -1.40. The van der Waals surface area contributed by atoms with Crippen LogP contribution in [-0.4, -0.2) is 33.9 Å². The van der Waals surface area contributed by atoms with Crippen molar-refractivity contribution in [1.29, 1.82) is 0 Å². The predicted octanol–water partition coefficient (Wildman–Crippen LogP) is 4.28. The zero-order valence-electron chi connectivity index (χ0n) is 17.0. The number of rotatable bonds is 7. The Balaban J connectivity index is 0.00000261. The van der Waals surface area contributed by atoms with Gasteiger partial charge in [-0.25, -0.2) is 0 Å². The average molecular weight is 462 g/mol.